The molecule has 72 heavy (non-hydrogen) atoms. The van der Waals surface area contributed by atoms with Crippen LogP contribution < -0.4 is 0 Å². The lowest BCUT2D eigenvalue weighted by Crippen LogP contribution is -2.40. The minimum absolute atomic E-state index is 0.322. The van der Waals surface area contributed by atoms with E-state index in [4.69, 9.17) is 51.9 Å². The van der Waals surface area contributed by atoms with Gasteiger partial charge in [-0.1, -0.05) is 163 Å². The average Bonchev–Trinajstić information content (AvgIpc) is 3.40. The van der Waals surface area contributed by atoms with E-state index in [2.05, 4.69) is 78.6 Å². The van der Waals surface area contributed by atoms with Gasteiger partial charge in [0.05, 0.1) is 0 Å². The fourth-order valence-corrected chi connectivity index (χ4v) is 38.0. The molecule has 0 aliphatic carbocycles. The third kappa shape index (κ3) is 94.5. The van der Waals surface area contributed by atoms with Crippen LogP contribution in [-0.2, 0) is 51.9 Å². The summed E-state index contributed by atoms with van der Waals surface area (Å²) in [5.41, 5.74) is 0. The van der Waals surface area contributed by atoms with E-state index in [-0.39, 0.29) is 78.1 Å². The fourth-order valence-electron chi connectivity index (χ4n) is 5.96. The Morgan fingerprint density at radius 3 is 0.417 bits per heavy atom. The molecule has 0 radical (unpaired) electrons. The zero-order chi connectivity index (χ0) is 59.5. The molecule has 0 saturated carbocycles. The van der Waals surface area contributed by atoms with E-state index in [1.54, 1.807) is 28.4 Å². The van der Waals surface area contributed by atoms with Crippen molar-refractivity contribution in [2.75, 3.05) is 54.9 Å². The summed E-state index contributed by atoms with van der Waals surface area (Å²) in [5.74, 6) is 0. The maximum absolute atomic E-state index is 5.90. The molecule has 0 aliphatic rings. The topological polar surface area (TPSA) is 111 Å². The van der Waals surface area contributed by atoms with Gasteiger partial charge in [0.1, 0.15) is 78.1 Å². The van der Waals surface area contributed by atoms with Gasteiger partial charge in [0, 0.05) is 54.9 Å². The largest absolute Gasteiger partial charge is 0.442 e. The van der Waals surface area contributed by atoms with Crippen LogP contribution in [0.1, 0.15) is 162 Å². The summed E-state index contributed by atoms with van der Waals surface area (Å²) in [6.07, 6.45) is 9.23. The number of methoxy groups -OCH3 is 4. The van der Waals surface area contributed by atoms with Crippen LogP contribution in [0.2, 0.25) is 103 Å². The van der Waals surface area contributed by atoms with Gasteiger partial charge in [0.15, 0.2) is 0 Å². The van der Waals surface area contributed by atoms with Crippen LogP contribution >= 0.6 is 0 Å². The van der Waals surface area contributed by atoms with Crippen LogP contribution in [-0.4, -0.2) is 167 Å². The summed E-state index contributed by atoms with van der Waals surface area (Å²) in [4.78, 5) is 0. The predicted molar refractivity (Wildman–Crippen MR) is 365 cm³/mol. The smallest absolute Gasteiger partial charge is 0.313 e. The molecule has 0 unspecified atom stereocenters. The standard InChI is InChI=1S/4C8H24O3Si3.8C2H6/c4*1-9-7-5-6-8-14(4,10-12-2)11-13-3;8*1-2/h4*5-8,12-13H2,1-4H3;8*1-2H3. The Morgan fingerprint density at radius 1 is 0.222 bits per heavy atom. The van der Waals surface area contributed by atoms with Crippen molar-refractivity contribution >= 4 is 112 Å². The van der Waals surface area contributed by atoms with Crippen LogP contribution in [0, 0.1) is 0 Å². The molecule has 12 nitrogen and oxygen atoms in total. The van der Waals surface area contributed by atoms with Crippen molar-refractivity contribution in [2.24, 2.45) is 0 Å². The SMILES string of the molecule is CC.CC.CC.CC.CC.CC.CC.CC.COCCCC[Si](C)(O[SiH2]C)O[SiH2]C.COCCCC[Si](C)(O[SiH2]C)O[SiH2]C.COCCCC[Si](C)(O[SiH2]C)O[SiH2]C.COCCCC[Si](C)(O[SiH2]C)O[SiH2]C. The molecule has 0 heterocycles. The summed E-state index contributed by atoms with van der Waals surface area (Å²) in [6, 6.07) is 4.55. The minimum Gasteiger partial charge on any atom is -0.442 e. The molecule has 0 amide bonds. The summed E-state index contributed by atoms with van der Waals surface area (Å²) < 4.78 is 67.3. The normalized spacial score (nSPS) is 14.0. The third-order valence-corrected chi connectivity index (χ3v) is 42.3. The third-order valence-electron chi connectivity index (χ3n) is 8.51. The summed E-state index contributed by atoms with van der Waals surface area (Å²) in [5, 5.41) is 0. The lowest BCUT2D eigenvalue weighted by molar-refractivity contribution is 0.193. The first kappa shape index (κ1) is 103. The lowest BCUT2D eigenvalue weighted by atomic mass is 10.4. The second-order valence-corrected chi connectivity index (χ2v) is 38.7. The van der Waals surface area contributed by atoms with Crippen LogP contribution in [0.4, 0.5) is 0 Å². The molecule has 456 valence electrons. The predicted octanol–water partition coefficient (Wildman–Crippen LogP) is 11.3. The maximum atomic E-state index is 5.90. The molecule has 0 fully saturated rings. The Bertz CT molecular complexity index is 647. The first-order chi connectivity index (χ1) is 34.7. The van der Waals surface area contributed by atoms with Gasteiger partial charge in [-0.05, 0) is 102 Å². The molecule has 0 rings (SSSR count). The van der Waals surface area contributed by atoms with Crippen molar-refractivity contribution in [3.63, 3.8) is 0 Å². The van der Waals surface area contributed by atoms with Gasteiger partial charge >= 0.3 is 34.2 Å². The fraction of sp³-hybridized carbons (Fsp3) is 1.00. The van der Waals surface area contributed by atoms with Gasteiger partial charge in [0.2, 0.25) is 0 Å². The van der Waals surface area contributed by atoms with E-state index < -0.39 is 34.2 Å². The Kier molecular flexibility index (Phi) is 141. The molecule has 0 saturated heterocycles. The Morgan fingerprint density at radius 2 is 0.333 bits per heavy atom. The molecule has 24 heteroatoms. The van der Waals surface area contributed by atoms with Crippen LogP contribution in [0.25, 0.3) is 0 Å². The first-order valence-electron chi connectivity index (χ1n) is 29.8. The molecule has 0 spiro atoms. The Labute approximate surface area is 480 Å². The zero-order valence-corrected chi connectivity index (χ0v) is 71.2. The molecule has 0 aromatic carbocycles. The zero-order valence-electron chi connectivity index (χ0n) is 55.9. The van der Waals surface area contributed by atoms with Crippen molar-refractivity contribution in [1.29, 1.82) is 0 Å². The van der Waals surface area contributed by atoms with E-state index in [1.165, 1.54) is 25.7 Å². The summed E-state index contributed by atoms with van der Waals surface area (Å²) in [6.45, 7) is 61.7. The monoisotopic (exact) mass is 1250 g/mol. The van der Waals surface area contributed by atoms with Crippen LogP contribution in [0.15, 0.2) is 0 Å². The summed E-state index contributed by atoms with van der Waals surface area (Å²) in [7, 11) is -2.50. The maximum Gasteiger partial charge on any atom is 0.313 e. The first-order valence-corrected chi connectivity index (χ1v) is 55.8. The number of rotatable bonds is 36. The highest BCUT2D eigenvalue weighted by Gasteiger charge is 2.31. The molecule has 0 aliphatic heterocycles. The minimum atomic E-state index is -1.73. The number of hydrogen-bond acceptors (Lipinski definition) is 12. The lowest BCUT2D eigenvalue weighted by Gasteiger charge is -2.27. The van der Waals surface area contributed by atoms with Crippen molar-refractivity contribution in [3.05, 3.63) is 0 Å². The van der Waals surface area contributed by atoms with E-state index >= 15 is 0 Å². The molecule has 0 aromatic heterocycles. The molecule has 0 bridgehead atoms. The van der Waals surface area contributed by atoms with Crippen molar-refractivity contribution in [2.45, 2.75) is 265 Å². The van der Waals surface area contributed by atoms with E-state index in [0.717, 1.165) is 76.3 Å². The number of hydrogen-bond donors (Lipinski definition) is 0. The van der Waals surface area contributed by atoms with Gasteiger partial charge in [-0.25, -0.2) is 0 Å². The van der Waals surface area contributed by atoms with E-state index in [1.807, 2.05) is 111 Å². The quantitative estimate of drug-likeness (QED) is 0.0440. The number of ether oxygens (including phenoxy) is 4. The average molecular weight is 1250 g/mol. The molecular formula is C48H144O12Si12. The Hall–Kier alpha value is 2.12. The van der Waals surface area contributed by atoms with Crippen molar-refractivity contribution in [1.82, 2.24) is 0 Å². The molecule has 0 N–H and O–H groups in total. The van der Waals surface area contributed by atoms with Gasteiger partial charge in [0.25, 0.3) is 0 Å². The van der Waals surface area contributed by atoms with Crippen LogP contribution in [0.3, 0.4) is 0 Å². The van der Waals surface area contributed by atoms with Crippen molar-refractivity contribution < 1.29 is 51.9 Å². The molecular weight excluding hydrogens is 1110 g/mol. The molecule has 0 aromatic rings. The van der Waals surface area contributed by atoms with Crippen LogP contribution in [0.5, 0.6) is 0 Å². The van der Waals surface area contributed by atoms with Gasteiger partial charge in [-0.2, -0.15) is 0 Å². The second kappa shape index (κ2) is 98.6. The highest BCUT2D eigenvalue weighted by Crippen LogP contribution is 2.19. The van der Waals surface area contributed by atoms with E-state index in [0.29, 0.717) is 0 Å². The summed E-state index contributed by atoms with van der Waals surface area (Å²) >= 11 is 0. The highest BCUT2D eigenvalue weighted by atomic mass is 28.4. The van der Waals surface area contributed by atoms with E-state index in [9.17, 15) is 0 Å². The highest BCUT2D eigenvalue weighted by molar-refractivity contribution is 6.75. The number of unbranched alkanes of at least 4 members (excludes halogenated alkanes) is 4. The van der Waals surface area contributed by atoms with Gasteiger partial charge < -0.3 is 51.9 Å². The second-order valence-electron chi connectivity index (χ2n) is 13.8. The van der Waals surface area contributed by atoms with Crippen molar-refractivity contribution in [3.8, 4) is 0 Å². The molecule has 0 atom stereocenters. The Balaban J connectivity index is -0.0000000607. The van der Waals surface area contributed by atoms with Gasteiger partial charge in [-0.3, -0.25) is 0 Å². The van der Waals surface area contributed by atoms with Gasteiger partial charge in [-0.15, -0.1) is 0 Å².